The van der Waals surface area contributed by atoms with Crippen LogP contribution >= 0.6 is 11.6 Å². The van der Waals surface area contributed by atoms with Crippen LogP contribution in [0, 0.1) is 5.82 Å². The Morgan fingerprint density at radius 2 is 1.84 bits per heavy atom. The quantitative estimate of drug-likeness (QED) is 0.791. The topological polar surface area (TPSA) is 29.5 Å². The molecule has 0 radical (unpaired) electrons. The number of ketones is 1. The second kappa shape index (κ2) is 6.43. The summed E-state index contributed by atoms with van der Waals surface area (Å²) in [6.45, 7) is 2.48. The molecule has 2 aliphatic rings. The zero-order chi connectivity index (χ0) is 17.4. The monoisotopic (exact) mass is 359 g/mol. The Morgan fingerprint density at radius 1 is 1.12 bits per heavy atom. The molecule has 2 aliphatic heterocycles. The molecule has 1 spiro atoms. The van der Waals surface area contributed by atoms with Gasteiger partial charge >= 0.3 is 0 Å². The van der Waals surface area contributed by atoms with E-state index in [1.54, 1.807) is 18.2 Å². The fraction of sp³-hybridized carbons (Fsp3) is 0.350. The van der Waals surface area contributed by atoms with Crippen LogP contribution in [0.3, 0.4) is 0 Å². The molecule has 130 valence electrons. The first-order valence-electron chi connectivity index (χ1n) is 8.52. The first-order chi connectivity index (χ1) is 12.0. The van der Waals surface area contributed by atoms with Gasteiger partial charge in [0.25, 0.3) is 0 Å². The van der Waals surface area contributed by atoms with Crippen molar-refractivity contribution in [3.8, 4) is 5.75 Å². The van der Waals surface area contributed by atoms with Crippen molar-refractivity contribution < 1.29 is 13.9 Å². The zero-order valence-corrected chi connectivity index (χ0v) is 14.6. The van der Waals surface area contributed by atoms with Gasteiger partial charge in [0.2, 0.25) is 0 Å². The standard InChI is InChI=1S/C20H19ClFNO2/c21-15-3-6-17-18(24)12-20(25-19(17)11-15)7-9-23(10-8-20)13-14-1-4-16(22)5-2-14/h1-6,11H,7-10,12-13H2. The van der Waals surface area contributed by atoms with Crippen LogP contribution in [0.2, 0.25) is 5.02 Å². The first-order valence-corrected chi connectivity index (χ1v) is 8.89. The number of rotatable bonds is 2. The molecule has 0 amide bonds. The van der Waals surface area contributed by atoms with E-state index in [2.05, 4.69) is 4.90 Å². The fourth-order valence-electron chi connectivity index (χ4n) is 3.71. The Kier molecular flexibility index (Phi) is 4.26. The molecule has 25 heavy (non-hydrogen) atoms. The highest BCUT2D eigenvalue weighted by atomic mass is 35.5. The lowest BCUT2D eigenvalue weighted by Crippen LogP contribution is -2.50. The number of piperidine rings is 1. The number of Topliss-reactive ketones (excluding diaryl/α,β-unsaturated/α-hetero) is 1. The van der Waals surface area contributed by atoms with Crippen molar-refractivity contribution >= 4 is 17.4 Å². The molecule has 4 rings (SSSR count). The lowest BCUT2D eigenvalue weighted by atomic mass is 9.82. The molecule has 3 nitrogen and oxygen atoms in total. The summed E-state index contributed by atoms with van der Waals surface area (Å²) in [6, 6.07) is 11.8. The number of fused-ring (bicyclic) bond motifs is 1. The maximum absolute atomic E-state index is 13.0. The van der Waals surface area contributed by atoms with Crippen LogP contribution in [-0.2, 0) is 6.54 Å². The van der Waals surface area contributed by atoms with Gasteiger partial charge in [0.15, 0.2) is 5.78 Å². The average molecular weight is 360 g/mol. The maximum Gasteiger partial charge on any atom is 0.170 e. The van der Waals surface area contributed by atoms with Gasteiger partial charge in [0, 0.05) is 37.5 Å². The number of nitrogens with zero attached hydrogens (tertiary/aromatic N) is 1. The van der Waals surface area contributed by atoms with E-state index in [4.69, 9.17) is 16.3 Å². The number of carbonyl (C=O) groups is 1. The van der Waals surface area contributed by atoms with Crippen LogP contribution in [0.25, 0.3) is 0 Å². The summed E-state index contributed by atoms with van der Waals surface area (Å²) in [5.41, 5.74) is 1.30. The molecule has 2 aromatic rings. The van der Waals surface area contributed by atoms with E-state index in [0.29, 0.717) is 22.8 Å². The molecule has 0 atom stereocenters. The van der Waals surface area contributed by atoms with Gasteiger partial charge in [-0.3, -0.25) is 9.69 Å². The predicted octanol–water partition coefficient (Wildman–Crippen LogP) is 4.48. The Hall–Kier alpha value is -1.91. The Morgan fingerprint density at radius 3 is 2.56 bits per heavy atom. The number of ether oxygens (including phenoxy) is 1. The molecule has 1 saturated heterocycles. The number of likely N-dealkylation sites (tertiary alicyclic amines) is 1. The van der Waals surface area contributed by atoms with Crippen molar-refractivity contribution in [3.05, 3.63) is 64.4 Å². The molecule has 2 aromatic carbocycles. The minimum atomic E-state index is -0.423. The van der Waals surface area contributed by atoms with Gasteiger partial charge in [-0.2, -0.15) is 0 Å². The van der Waals surface area contributed by atoms with Crippen molar-refractivity contribution in [1.29, 1.82) is 0 Å². The molecular formula is C20H19ClFNO2. The van der Waals surface area contributed by atoms with Crippen molar-refractivity contribution in [2.75, 3.05) is 13.1 Å². The second-order valence-electron chi connectivity index (χ2n) is 6.93. The van der Waals surface area contributed by atoms with E-state index >= 15 is 0 Å². The molecule has 1 fully saturated rings. The first kappa shape index (κ1) is 16.6. The van der Waals surface area contributed by atoms with Crippen molar-refractivity contribution in [1.82, 2.24) is 4.90 Å². The minimum Gasteiger partial charge on any atom is -0.486 e. The van der Waals surface area contributed by atoms with Crippen molar-refractivity contribution in [2.45, 2.75) is 31.4 Å². The van der Waals surface area contributed by atoms with Gasteiger partial charge in [-0.15, -0.1) is 0 Å². The van der Waals surface area contributed by atoms with Crippen LogP contribution < -0.4 is 4.74 Å². The molecule has 0 aliphatic carbocycles. The van der Waals surface area contributed by atoms with Gasteiger partial charge in [-0.1, -0.05) is 23.7 Å². The highest BCUT2D eigenvalue weighted by molar-refractivity contribution is 6.30. The zero-order valence-electron chi connectivity index (χ0n) is 13.8. The average Bonchev–Trinajstić information content (AvgIpc) is 2.59. The number of benzene rings is 2. The van der Waals surface area contributed by atoms with E-state index in [-0.39, 0.29) is 11.6 Å². The highest BCUT2D eigenvalue weighted by Gasteiger charge is 2.42. The van der Waals surface area contributed by atoms with Crippen LogP contribution in [-0.4, -0.2) is 29.4 Å². The molecule has 0 saturated carbocycles. The summed E-state index contributed by atoms with van der Waals surface area (Å²) in [4.78, 5) is 14.8. The third kappa shape index (κ3) is 3.42. The Bertz CT molecular complexity index is 798. The summed E-state index contributed by atoms with van der Waals surface area (Å²) in [7, 11) is 0. The summed E-state index contributed by atoms with van der Waals surface area (Å²) in [5, 5.41) is 0.581. The smallest absolute Gasteiger partial charge is 0.170 e. The van der Waals surface area contributed by atoms with Crippen LogP contribution in [0.1, 0.15) is 35.2 Å². The molecule has 0 aromatic heterocycles. The number of hydrogen-bond donors (Lipinski definition) is 0. The summed E-state index contributed by atoms with van der Waals surface area (Å²) < 4.78 is 19.3. The predicted molar refractivity (Wildman–Crippen MR) is 94.7 cm³/mol. The Balaban J connectivity index is 1.44. The van der Waals surface area contributed by atoms with Gasteiger partial charge in [0.1, 0.15) is 17.2 Å². The van der Waals surface area contributed by atoms with Crippen molar-refractivity contribution in [3.63, 3.8) is 0 Å². The molecular weight excluding hydrogens is 341 g/mol. The SMILES string of the molecule is O=C1CC2(CCN(Cc3ccc(F)cc3)CC2)Oc2cc(Cl)ccc21. The van der Waals surface area contributed by atoms with Crippen LogP contribution in [0.15, 0.2) is 42.5 Å². The lowest BCUT2D eigenvalue weighted by Gasteiger charge is -2.44. The third-order valence-corrected chi connectivity index (χ3v) is 5.38. The maximum atomic E-state index is 13.0. The van der Waals surface area contributed by atoms with E-state index in [1.807, 2.05) is 12.1 Å². The van der Waals surface area contributed by atoms with Gasteiger partial charge in [-0.25, -0.2) is 4.39 Å². The Labute approximate surface area is 151 Å². The number of hydrogen-bond acceptors (Lipinski definition) is 3. The van der Waals surface area contributed by atoms with E-state index in [1.165, 1.54) is 12.1 Å². The van der Waals surface area contributed by atoms with Crippen molar-refractivity contribution in [2.24, 2.45) is 0 Å². The summed E-state index contributed by atoms with van der Waals surface area (Å²) in [5.74, 6) is 0.522. The summed E-state index contributed by atoms with van der Waals surface area (Å²) >= 11 is 6.05. The largest absolute Gasteiger partial charge is 0.486 e. The fourth-order valence-corrected chi connectivity index (χ4v) is 3.88. The molecule has 0 N–H and O–H groups in total. The molecule has 5 heteroatoms. The van der Waals surface area contributed by atoms with E-state index in [0.717, 1.165) is 38.0 Å². The van der Waals surface area contributed by atoms with Gasteiger partial charge < -0.3 is 4.74 Å². The normalized spacial score (nSPS) is 19.5. The van der Waals surface area contributed by atoms with Crippen LogP contribution in [0.5, 0.6) is 5.75 Å². The third-order valence-electron chi connectivity index (χ3n) is 5.14. The second-order valence-corrected chi connectivity index (χ2v) is 7.36. The summed E-state index contributed by atoms with van der Waals surface area (Å²) in [6.07, 6.45) is 2.02. The van der Waals surface area contributed by atoms with Gasteiger partial charge in [0.05, 0.1) is 12.0 Å². The molecule has 0 bridgehead atoms. The molecule has 2 heterocycles. The van der Waals surface area contributed by atoms with Crippen LogP contribution in [0.4, 0.5) is 4.39 Å². The molecule has 0 unspecified atom stereocenters. The van der Waals surface area contributed by atoms with E-state index in [9.17, 15) is 9.18 Å². The number of halogens is 2. The highest BCUT2D eigenvalue weighted by Crippen LogP contribution is 2.40. The minimum absolute atomic E-state index is 0.130. The van der Waals surface area contributed by atoms with E-state index < -0.39 is 5.60 Å². The number of carbonyl (C=O) groups excluding carboxylic acids is 1. The van der Waals surface area contributed by atoms with Gasteiger partial charge in [-0.05, 0) is 35.9 Å². The lowest BCUT2D eigenvalue weighted by molar-refractivity contribution is -0.0107.